The average molecular weight is 271 g/mol. The second-order valence-corrected chi connectivity index (χ2v) is 5.82. The molecule has 0 aromatic carbocycles. The number of likely N-dealkylation sites (tertiary alicyclic amines) is 1. The smallest absolute Gasteiger partial charge is 0.222 e. The number of amides is 1. The molecule has 0 aromatic heterocycles. The van der Waals surface area contributed by atoms with Crippen LogP contribution in [0.5, 0.6) is 0 Å². The van der Waals surface area contributed by atoms with Gasteiger partial charge in [0.1, 0.15) is 6.17 Å². The van der Waals surface area contributed by atoms with Gasteiger partial charge in [-0.1, -0.05) is 0 Å². The molecular weight excluding hydrogens is 245 g/mol. The van der Waals surface area contributed by atoms with Crippen molar-refractivity contribution in [2.75, 3.05) is 33.2 Å². The topological polar surface area (TPSA) is 44.4 Å². The molecule has 2 aliphatic rings. The summed E-state index contributed by atoms with van der Waals surface area (Å²) in [6.07, 6.45) is 3.51. The van der Waals surface area contributed by atoms with Gasteiger partial charge in [-0.2, -0.15) is 0 Å². The van der Waals surface area contributed by atoms with Gasteiger partial charge in [0.05, 0.1) is 6.54 Å². The molecule has 2 atom stereocenters. The maximum Gasteiger partial charge on any atom is 0.222 e. The fourth-order valence-electron chi connectivity index (χ4n) is 3.24. The molecule has 2 rings (SSSR count). The van der Waals surface area contributed by atoms with Crippen LogP contribution in [0.15, 0.2) is 0 Å². The minimum absolute atomic E-state index is 0.0422. The quantitative estimate of drug-likeness (QED) is 0.782. The zero-order chi connectivity index (χ0) is 13.7. The number of piperidine rings is 1. The summed E-state index contributed by atoms with van der Waals surface area (Å²) in [5, 5.41) is 6.39. The van der Waals surface area contributed by atoms with Crippen LogP contribution in [0.25, 0.3) is 0 Å². The summed E-state index contributed by atoms with van der Waals surface area (Å²) in [6, 6.07) is 0.0422. The van der Waals surface area contributed by atoms with Gasteiger partial charge in [0.15, 0.2) is 0 Å². The number of rotatable bonds is 5. The number of alkyl halides is 1. The molecule has 110 valence electrons. The predicted molar refractivity (Wildman–Crippen MR) is 73.8 cm³/mol. The summed E-state index contributed by atoms with van der Waals surface area (Å²) < 4.78 is 13.5. The molecule has 1 amide bonds. The first-order valence-electron chi connectivity index (χ1n) is 7.49. The Hall–Kier alpha value is -0.680. The fraction of sp³-hybridized carbons (Fsp3) is 0.929. The predicted octanol–water partition coefficient (Wildman–Crippen LogP) is 0.925. The van der Waals surface area contributed by atoms with Gasteiger partial charge in [-0.15, -0.1) is 0 Å². The Kier molecular flexibility index (Phi) is 5.58. The molecule has 2 fully saturated rings. The Labute approximate surface area is 115 Å². The first-order valence-corrected chi connectivity index (χ1v) is 7.49. The van der Waals surface area contributed by atoms with E-state index in [9.17, 15) is 9.18 Å². The van der Waals surface area contributed by atoms with E-state index in [0.717, 1.165) is 19.5 Å². The van der Waals surface area contributed by atoms with E-state index in [1.807, 2.05) is 7.05 Å². The van der Waals surface area contributed by atoms with E-state index in [4.69, 9.17) is 0 Å². The largest absolute Gasteiger partial charge is 0.335 e. The Balaban J connectivity index is 1.77. The van der Waals surface area contributed by atoms with E-state index in [0.29, 0.717) is 25.3 Å². The molecule has 19 heavy (non-hydrogen) atoms. The third-order valence-corrected chi connectivity index (χ3v) is 4.35. The van der Waals surface area contributed by atoms with E-state index in [2.05, 4.69) is 10.6 Å². The van der Waals surface area contributed by atoms with Crippen molar-refractivity contribution in [1.82, 2.24) is 15.5 Å². The van der Waals surface area contributed by atoms with Gasteiger partial charge < -0.3 is 15.5 Å². The lowest BCUT2D eigenvalue weighted by molar-refractivity contribution is -0.132. The van der Waals surface area contributed by atoms with Gasteiger partial charge in [-0.3, -0.25) is 4.79 Å². The summed E-state index contributed by atoms with van der Waals surface area (Å²) >= 11 is 0. The molecule has 2 aliphatic heterocycles. The second-order valence-electron chi connectivity index (χ2n) is 5.82. The number of carbonyl (C=O) groups is 1. The maximum atomic E-state index is 13.5. The maximum absolute atomic E-state index is 13.5. The van der Waals surface area contributed by atoms with Gasteiger partial charge in [-0.25, -0.2) is 4.39 Å². The average Bonchev–Trinajstić information content (AvgIpc) is 2.79. The zero-order valence-electron chi connectivity index (χ0n) is 11.8. The van der Waals surface area contributed by atoms with Crippen LogP contribution in [0, 0.1) is 5.92 Å². The highest BCUT2D eigenvalue weighted by Gasteiger charge is 2.34. The molecular formula is C14H26FN3O. The first kappa shape index (κ1) is 14.7. The molecule has 0 saturated carbocycles. The lowest BCUT2D eigenvalue weighted by Gasteiger charge is -2.26. The molecule has 0 radical (unpaired) electrons. The number of carbonyl (C=O) groups excluding carboxylic acids is 1. The van der Waals surface area contributed by atoms with Gasteiger partial charge in [0.25, 0.3) is 0 Å². The van der Waals surface area contributed by atoms with Crippen LogP contribution in [-0.4, -0.2) is 56.2 Å². The summed E-state index contributed by atoms with van der Waals surface area (Å²) in [5.74, 6) is 0.802. The van der Waals surface area contributed by atoms with Crippen molar-refractivity contribution in [2.45, 2.75) is 44.3 Å². The van der Waals surface area contributed by atoms with Crippen molar-refractivity contribution in [3.05, 3.63) is 0 Å². The van der Waals surface area contributed by atoms with Crippen LogP contribution in [-0.2, 0) is 4.79 Å². The number of hydrogen-bond acceptors (Lipinski definition) is 3. The lowest BCUT2D eigenvalue weighted by atomic mass is 9.93. The summed E-state index contributed by atoms with van der Waals surface area (Å²) in [7, 11) is 1.85. The zero-order valence-corrected chi connectivity index (χ0v) is 11.8. The van der Waals surface area contributed by atoms with Crippen molar-refractivity contribution in [2.24, 2.45) is 5.92 Å². The van der Waals surface area contributed by atoms with Crippen LogP contribution in [0.4, 0.5) is 4.39 Å². The second kappa shape index (κ2) is 7.20. The standard InChI is InChI=1S/C14H26FN3O/c1-16-9-13-8-12(15)10-18(13)14(19)3-2-11-4-6-17-7-5-11/h11-13,16-17H,2-10H2,1H3/t12-,13-/m0/s1. The van der Waals surface area contributed by atoms with E-state index < -0.39 is 6.17 Å². The van der Waals surface area contributed by atoms with Crippen LogP contribution in [0.2, 0.25) is 0 Å². The molecule has 0 spiro atoms. The van der Waals surface area contributed by atoms with Gasteiger partial charge in [0, 0.05) is 25.4 Å². The van der Waals surface area contributed by atoms with Crippen LogP contribution in [0.3, 0.4) is 0 Å². The summed E-state index contributed by atoms with van der Waals surface area (Å²) in [4.78, 5) is 14.0. The molecule has 0 unspecified atom stereocenters. The number of hydrogen-bond donors (Lipinski definition) is 2. The van der Waals surface area contributed by atoms with Crippen LogP contribution >= 0.6 is 0 Å². The van der Waals surface area contributed by atoms with Crippen molar-refractivity contribution in [1.29, 1.82) is 0 Å². The van der Waals surface area contributed by atoms with Gasteiger partial charge in [-0.05, 0) is 45.3 Å². The summed E-state index contributed by atoms with van der Waals surface area (Å²) in [6.45, 7) is 3.12. The van der Waals surface area contributed by atoms with Crippen molar-refractivity contribution in [3.8, 4) is 0 Å². The van der Waals surface area contributed by atoms with Crippen LogP contribution in [0.1, 0.15) is 32.1 Å². The number of likely N-dealkylation sites (N-methyl/N-ethyl adjacent to an activating group) is 1. The van der Waals surface area contributed by atoms with Gasteiger partial charge in [0.2, 0.25) is 5.91 Å². The minimum Gasteiger partial charge on any atom is -0.335 e. The normalized spacial score (nSPS) is 28.8. The third kappa shape index (κ3) is 4.14. The minimum atomic E-state index is -0.846. The van der Waals surface area contributed by atoms with E-state index in [-0.39, 0.29) is 18.5 Å². The number of halogens is 1. The van der Waals surface area contributed by atoms with E-state index in [1.165, 1.54) is 12.8 Å². The summed E-state index contributed by atoms with van der Waals surface area (Å²) in [5.41, 5.74) is 0. The van der Waals surface area contributed by atoms with Crippen molar-refractivity contribution < 1.29 is 9.18 Å². The fourth-order valence-corrected chi connectivity index (χ4v) is 3.24. The highest BCUT2D eigenvalue weighted by Crippen LogP contribution is 2.23. The number of nitrogens with zero attached hydrogens (tertiary/aromatic N) is 1. The molecule has 5 heteroatoms. The highest BCUT2D eigenvalue weighted by molar-refractivity contribution is 5.77. The Morgan fingerprint density at radius 1 is 1.42 bits per heavy atom. The highest BCUT2D eigenvalue weighted by atomic mass is 19.1. The first-order chi connectivity index (χ1) is 9.20. The van der Waals surface area contributed by atoms with Gasteiger partial charge >= 0.3 is 0 Å². The molecule has 0 bridgehead atoms. The molecule has 0 aliphatic carbocycles. The van der Waals surface area contributed by atoms with E-state index in [1.54, 1.807) is 4.90 Å². The Morgan fingerprint density at radius 3 is 2.84 bits per heavy atom. The molecule has 2 saturated heterocycles. The molecule has 0 aromatic rings. The molecule has 2 N–H and O–H groups in total. The lowest BCUT2D eigenvalue weighted by Crippen LogP contribution is -2.41. The Morgan fingerprint density at radius 2 is 2.16 bits per heavy atom. The SMILES string of the molecule is CNC[C@@H]1C[C@H](F)CN1C(=O)CCC1CCNCC1. The van der Waals surface area contributed by atoms with Crippen molar-refractivity contribution in [3.63, 3.8) is 0 Å². The van der Waals surface area contributed by atoms with Crippen LogP contribution < -0.4 is 10.6 Å². The third-order valence-electron chi connectivity index (χ3n) is 4.35. The number of nitrogens with one attached hydrogen (secondary N) is 2. The molecule has 2 heterocycles. The monoisotopic (exact) mass is 271 g/mol. The molecule has 4 nitrogen and oxygen atoms in total. The van der Waals surface area contributed by atoms with E-state index >= 15 is 0 Å². The van der Waals surface area contributed by atoms with Crippen molar-refractivity contribution >= 4 is 5.91 Å². The Bertz CT molecular complexity index is 294.